The third-order valence-corrected chi connectivity index (χ3v) is 7.14. The molecule has 0 aliphatic carbocycles. The molecule has 1 amide bonds. The number of carbonyl (C=O) groups excluding carboxylic acids is 1. The fourth-order valence-electron chi connectivity index (χ4n) is 2.93. The van der Waals surface area contributed by atoms with Crippen LogP contribution in [-0.2, 0) is 34.3 Å². The Morgan fingerprint density at radius 1 is 1.00 bits per heavy atom. The van der Waals surface area contributed by atoms with Gasteiger partial charge in [0.1, 0.15) is 0 Å². The highest BCUT2D eigenvalue weighted by atomic mass is 32.2. The van der Waals surface area contributed by atoms with Gasteiger partial charge in [-0.15, -0.1) is 11.3 Å². The molecule has 2 aromatic carbocycles. The van der Waals surface area contributed by atoms with Crippen LogP contribution in [0.2, 0.25) is 0 Å². The van der Waals surface area contributed by atoms with Crippen LogP contribution < -0.4 is 10.0 Å². The number of hydrogen-bond donors (Lipinski definition) is 2. The molecule has 2 N–H and O–H groups in total. The van der Waals surface area contributed by atoms with Crippen molar-refractivity contribution in [1.29, 1.82) is 0 Å². The Morgan fingerprint density at radius 3 is 2.31 bits per heavy atom. The number of hydrogen-bond acceptors (Lipinski definition) is 5. The van der Waals surface area contributed by atoms with Gasteiger partial charge in [0.25, 0.3) is 5.91 Å². The number of rotatable bonds is 11. The highest BCUT2D eigenvalue weighted by Crippen LogP contribution is 2.13. The van der Waals surface area contributed by atoms with Gasteiger partial charge in [0.05, 0.1) is 17.6 Å². The normalized spacial score (nSPS) is 11.6. The van der Waals surface area contributed by atoms with E-state index in [9.17, 15) is 13.2 Å². The Labute approximate surface area is 193 Å². The van der Waals surface area contributed by atoms with Gasteiger partial charge < -0.3 is 10.1 Å². The van der Waals surface area contributed by atoms with E-state index in [0.29, 0.717) is 31.7 Å². The van der Waals surface area contributed by atoms with Crippen molar-refractivity contribution in [2.45, 2.75) is 44.4 Å². The Hall–Kier alpha value is -2.52. The minimum absolute atomic E-state index is 0.138. The van der Waals surface area contributed by atoms with Crippen LogP contribution in [-0.4, -0.2) is 27.0 Å². The molecule has 0 aliphatic rings. The molecule has 1 aromatic heterocycles. The molecule has 3 aromatic rings. The minimum atomic E-state index is -3.61. The predicted molar refractivity (Wildman–Crippen MR) is 127 cm³/mol. The first kappa shape index (κ1) is 24.1. The average molecular weight is 473 g/mol. The number of amides is 1. The van der Waals surface area contributed by atoms with Crippen molar-refractivity contribution in [2.24, 2.45) is 0 Å². The molecule has 0 atom stereocenters. The Kier molecular flexibility index (Phi) is 8.58. The van der Waals surface area contributed by atoms with E-state index in [2.05, 4.69) is 10.0 Å². The van der Waals surface area contributed by atoms with Gasteiger partial charge in [-0.3, -0.25) is 4.79 Å². The summed E-state index contributed by atoms with van der Waals surface area (Å²) in [5, 5.41) is 4.82. The van der Waals surface area contributed by atoms with Gasteiger partial charge in [-0.2, -0.15) is 0 Å². The maximum atomic E-state index is 12.4. The van der Waals surface area contributed by atoms with Crippen LogP contribution in [0, 0.1) is 0 Å². The second-order valence-corrected chi connectivity index (χ2v) is 10.4. The summed E-state index contributed by atoms with van der Waals surface area (Å²) < 4.78 is 33.1. The molecule has 8 heteroatoms. The van der Waals surface area contributed by atoms with E-state index in [-0.39, 0.29) is 16.9 Å². The molecule has 0 aliphatic heterocycles. The largest absolute Gasteiger partial charge is 0.374 e. The first-order valence-electron chi connectivity index (χ1n) is 10.4. The van der Waals surface area contributed by atoms with Gasteiger partial charge in [-0.05, 0) is 67.1 Å². The van der Waals surface area contributed by atoms with E-state index in [1.54, 1.807) is 11.3 Å². The lowest BCUT2D eigenvalue weighted by Gasteiger charge is -2.10. The predicted octanol–water partition coefficient (Wildman–Crippen LogP) is 4.12. The lowest BCUT2D eigenvalue weighted by molar-refractivity contribution is 0.0657. The zero-order valence-corrected chi connectivity index (χ0v) is 19.8. The Balaban J connectivity index is 1.49. The maximum absolute atomic E-state index is 12.4. The van der Waals surface area contributed by atoms with Crippen LogP contribution in [0.5, 0.6) is 0 Å². The average Bonchev–Trinajstić information content (AvgIpc) is 3.30. The summed E-state index contributed by atoms with van der Waals surface area (Å²) in [5.74, 6) is -0.258. The Morgan fingerprint density at radius 2 is 1.69 bits per heavy atom. The number of carbonyl (C=O) groups is 1. The molecule has 0 radical (unpaired) electrons. The summed E-state index contributed by atoms with van der Waals surface area (Å²) in [6.07, 6.45) is 0.820. The molecular weight excluding hydrogens is 444 g/mol. The van der Waals surface area contributed by atoms with Gasteiger partial charge in [0, 0.05) is 23.5 Å². The highest BCUT2D eigenvalue weighted by Gasteiger charge is 2.14. The van der Waals surface area contributed by atoms with Gasteiger partial charge in [0.2, 0.25) is 10.0 Å². The van der Waals surface area contributed by atoms with E-state index in [1.807, 2.05) is 55.6 Å². The standard InChI is InChI=1S/C24H28N2O4S2/c1-18(2)30-17-20-7-5-19(6-8-20)16-25-24(27)21-9-11-23(12-10-21)32(28,29)26-14-13-22-4-3-15-31-22/h3-12,15,18,26H,13-14,16-17H2,1-2H3,(H,25,27). The van der Waals surface area contributed by atoms with Crippen LogP contribution in [0.25, 0.3) is 0 Å². The molecule has 0 bridgehead atoms. The molecule has 32 heavy (non-hydrogen) atoms. The van der Waals surface area contributed by atoms with E-state index in [1.165, 1.54) is 24.3 Å². The molecule has 0 fully saturated rings. The van der Waals surface area contributed by atoms with Crippen molar-refractivity contribution < 1.29 is 17.9 Å². The van der Waals surface area contributed by atoms with E-state index in [0.717, 1.165) is 16.0 Å². The summed E-state index contributed by atoms with van der Waals surface area (Å²) in [6.45, 7) is 5.26. The lowest BCUT2D eigenvalue weighted by atomic mass is 10.1. The van der Waals surface area contributed by atoms with Crippen molar-refractivity contribution in [3.63, 3.8) is 0 Å². The minimum Gasteiger partial charge on any atom is -0.374 e. The second kappa shape index (κ2) is 11.4. The van der Waals surface area contributed by atoms with Crippen molar-refractivity contribution in [3.05, 3.63) is 87.6 Å². The first-order chi connectivity index (χ1) is 15.3. The molecule has 0 saturated heterocycles. The molecule has 0 saturated carbocycles. The quantitative estimate of drug-likeness (QED) is 0.440. The smallest absolute Gasteiger partial charge is 0.251 e. The summed E-state index contributed by atoms with van der Waals surface area (Å²) in [5.41, 5.74) is 2.46. The van der Waals surface area contributed by atoms with Crippen LogP contribution in [0.15, 0.2) is 70.9 Å². The third kappa shape index (κ3) is 7.27. The van der Waals surface area contributed by atoms with Crippen molar-refractivity contribution in [2.75, 3.05) is 6.54 Å². The van der Waals surface area contributed by atoms with Gasteiger partial charge >= 0.3 is 0 Å². The summed E-state index contributed by atoms with van der Waals surface area (Å²) in [4.78, 5) is 13.7. The topological polar surface area (TPSA) is 84.5 Å². The van der Waals surface area contributed by atoms with Crippen LogP contribution >= 0.6 is 11.3 Å². The van der Waals surface area contributed by atoms with Gasteiger partial charge in [-0.1, -0.05) is 30.3 Å². The lowest BCUT2D eigenvalue weighted by Crippen LogP contribution is -2.26. The van der Waals surface area contributed by atoms with Crippen molar-refractivity contribution in [1.82, 2.24) is 10.0 Å². The fourth-order valence-corrected chi connectivity index (χ4v) is 4.67. The summed E-state index contributed by atoms with van der Waals surface area (Å²) in [7, 11) is -3.61. The SMILES string of the molecule is CC(C)OCc1ccc(CNC(=O)c2ccc(S(=O)(=O)NCCc3cccs3)cc2)cc1. The molecular formula is C24H28N2O4S2. The van der Waals surface area contributed by atoms with Gasteiger partial charge in [-0.25, -0.2) is 13.1 Å². The number of ether oxygens (including phenoxy) is 1. The second-order valence-electron chi connectivity index (χ2n) is 7.61. The number of sulfonamides is 1. The number of benzene rings is 2. The molecule has 3 rings (SSSR count). The fraction of sp³-hybridized carbons (Fsp3) is 0.292. The van der Waals surface area contributed by atoms with Crippen LogP contribution in [0.4, 0.5) is 0 Å². The molecule has 0 unspecified atom stereocenters. The zero-order valence-electron chi connectivity index (χ0n) is 18.2. The van der Waals surface area contributed by atoms with Crippen molar-refractivity contribution in [3.8, 4) is 0 Å². The first-order valence-corrected chi connectivity index (χ1v) is 12.8. The third-order valence-electron chi connectivity index (χ3n) is 4.73. The maximum Gasteiger partial charge on any atom is 0.251 e. The van der Waals surface area contributed by atoms with Gasteiger partial charge in [0.15, 0.2) is 0 Å². The zero-order chi connectivity index (χ0) is 23.0. The molecule has 1 heterocycles. The molecule has 6 nitrogen and oxygen atoms in total. The molecule has 170 valence electrons. The van der Waals surface area contributed by atoms with E-state index < -0.39 is 10.0 Å². The van der Waals surface area contributed by atoms with E-state index in [4.69, 9.17) is 4.74 Å². The monoisotopic (exact) mass is 472 g/mol. The summed E-state index contributed by atoms with van der Waals surface area (Å²) in [6, 6.07) is 17.7. The number of thiophene rings is 1. The summed E-state index contributed by atoms with van der Waals surface area (Å²) >= 11 is 1.60. The number of nitrogens with one attached hydrogen (secondary N) is 2. The Bertz CT molecular complexity index is 1090. The highest BCUT2D eigenvalue weighted by molar-refractivity contribution is 7.89. The van der Waals surface area contributed by atoms with Crippen LogP contribution in [0.1, 0.15) is 40.2 Å². The van der Waals surface area contributed by atoms with Crippen molar-refractivity contribution >= 4 is 27.3 Å². The molecule has 0 spiro atoms. The van der Waals surface area contributed by atoms with Crippen LogP contribution in [0.3, 0.4) is 0 Å². The van der Waals surface area contributed by atoms with E-state index >= 15 is 0 Å².